The van der Waals surface area contributed by atoms with Crippen LogP contribution in [-0.2, 0) is 4.74 Å². The fourth-order valence-electron chi connectivity index (χ4n) is 1.87. The predicted molar refractivity (Wildman–Crippen MR) is 57.5 cm³/mol. The second-order valence-corrected chi connectivity index (χ2v) is 3.76. The lowest BCUT2D eigenvalue weighted by molar-refractivity contribution is 0.0495. The Morgan fingerprint density at radius 1 is 1.47 bits per heavy atom. The summed E-state index contributed by atoms with van der Waals surface area (Å²) in [5, 5.41) is 0. The summed E-state index contributed by atoms with van der Waals surface area (Å²) in [6.45, 7) is 3.27. The number of hydrogen-bond donors (Lipinski definition) is 0. The van der Waals surface area contributed by atoms with Gasteiger partial charge in [0.2, 0.25) is 0 Å². The predicted octanol–water partition coefficient (Wildman–Crippen LogP) is 2.56. The summed E-state index contributed by atoms with van der Waals surface area (Å²) in [4.78, 5) is 0. The van der Waals surface area contributed by atoms with Crippen LogP contribution in [0.3, 0.4) is 0 Å². The number of fused-ring (bicyclic) bond motifs is 1. The maximum Gasteiger partial charge on any atom is 0.188 e. The van der Waals surface area contributed by atoms with Crippen LogP contribution in [0.25, 0.3) is 0 Å². The van der Waals surface area contributed by atoms with Gasteiger partial charge in [-0.25, -0.2) is 0 Å². The number of ether oxygens (including phenoxy) is 3. The summed E-state index contributed by atoms with van der Waals surface area (Å²) in [6.07, 6.45) is 1.04. The first kappa shape index (κ1) is 10.3. The largest absolute Gasteiger partial charge is 0.493 e. The van der Waals surface area contributed by atoms with Crippen LogP contribution < -0.4 is 9.47 Å². The van der Waals surface area contributed by atoms with Gasteiger partial charge in [0.25, 0.3) is 0 Å². The summed E-state index contributed by atoms with van der Waals surface area (Å²) in [6, 6.07) is 5.90. The van der Waals surface area contributed by atoms with Crippen molar-refractivity contribution in [2.75, 3.05) is 20.5 Å². The monoisotopic (exact) mass is 208 g/mol. The number of rotatable bonds is 3. The Bertz CT molecular complexity index is 336. The van der Waals surface area contributed by atoms with Gasteiger partial charge in [-0.15, -0.1) is 0 Å². The van der Waals surface area contributed by atoms with Crippen molar-refractivity contribution in [3.05, 3.63) is 23.8 Å². The highest BCUT2D eigenvalue weighted by molar-refractivity contribution is 5.47. The number of methoxy groups -OCH3 is 1. The zero-order chi connectivity index (χ0) is 10.7. The molecule has 0 aliphatic carbocycles. The molecule has 1 aromatic carbocycles. The maximum absolute atomic E-state index is 5.59. The van der Waals surface area contributed by atoms with Crippen LogP contribution in [0, 0.1) is 0 Å². The van der Waals surface area contributed by atoms with E-state index in [1.807, 2.05) is 18.2 Å². The van der Waals surface area contributed by atoms with Crippen molar-refractivity contribution in [2.24, 2.45) is 0 Å². The topological polar surface area (TPSA) is 27.7 Å². The molecule has 2 rings (SSSR count). The SMILES string of the molecule is COCOc1cccc2c1[C@H](C)CCO2. The quantitative estimate of drug-likeness (QED) is 0.714. The smallest absolute Gasteiger partial charge is 0.188 e. The summed E-state index contributed by atoms with van der Waals surface area (Å²) in [7, 11) is 1.62. The Balaban J connectivity index is 2.29. The minimum atomic E-state index is 0.281. The van der Waals surface area contributed by atoms with E-state index in [2.05, 4.69) is 6.92 Å². The van der Waals surface area contributed by atoms with Crippen LogP contribution in [0.5, 0.6) is 11.5 Å². The molecule has 0 saturated carbocycles. The lowest BCUT2D eigenvalue weighted by Gasteiger charge is -2.25. The van der Waals surface area contributed by atoms with E-state index in [0.29, 0.717) is 5.92 Å². The van der Waals surface area contributed by atoms with Gasteiger partial charge in [0, 0.05) is 12.7 Å². The van der Waals surface area contributed by atoms with Crippen molar-refractivity contribution in [3.8, 4) is 11.5 Å². The molecule has 0 amide bonds. The zero-order valence-corrected chi connectivity index (χ0v) is 9.16. The molecule has 1 aliphatic rings. The molecule has 0 bridgehead atoms. The lowest BCUT2D eigenvalue weighted by Crippen LogP contribution is -2.14. The highest BCUT2D eigenvalue weighted by atomic mass is 16.7. The minimum absolute atomic E-state index is 0.281. The first-order chi connectivity index (χ1) is 7.33. The molecular formula is C12H16O3. The first-order valence-electron chi connectivity index (χ1n) is 5.20. The van der Waals surface area contributed by atoms with E-state index < -0.39 is 0 Å². The van der Waals surface area contributed by atoms with Crippen LogP contribution in [0.2, 0.25) is 0 Å². The Morgan fingerprint density at radius 3 is 3.13 bits per heavy atom. The number of hydrogen-bond acceptors (Lipinski definition) is 3. The minimum Gasteiger partial charge on any atom is -0.493 e. The van der Waals surface area contributed by atoms with E-state index >= 15 is 0 Å². The van der Waals surface area contributed by atoms with Gasteiger partial charge in [-0.3, -0.25) is 0 Å². The molecule has 0 fully saturated rings. The van der Waals surface area contributed by atoms with E-state index in [4.69, 9.17) is 14.2 Å². The van der Waals surface area contributed by atoms with Gasteiger partial charge in [0.15, 0.2) is 6.79 Å². The van der Waals surface area contributed by atoms with Gasteiger partial charge in [-0.05, 0) is 24.5 Å². The molecule has 0 aromatic heterocycles. The van der Waals surface area contributed by atoms with Crippen LogP contribution >= 0.6 is 0 Å². The normalized spacial score (nSPS) is 19.2. The third-order valence-electron chi connectivity index (χ3n) is 2.66. The molecule has 1 aromatic rings. The maximum atomic E-state index is 5.59. The third-order valence-corrected chi connectivity index (χ3v) is 2.66. The molecule has 0 spiro atoms. The van der Waals surface area contributed by atoms with Gasteiger partial charge in [-0.2, -0.15) is 0 Å². The Morgan fingerprint density at radius 2 is 2.33 bits per heavy atom. The highest BCUT2D eigenvalue weighted by Gasteiger charge is 2.21. The highest BCUT2D eigenvalue weighted by Crippen LogP contribution is 2.39. The van der Waals surface area contributed by atoms with Crippen LogP contribution in [0.4, 0.5) is 0 Å². The molecule has 3 nitrogen and oxygen atoms in total. The van der Waals surface area contributed by atoms with E-state index in [0.717, 1.165) is 24.5 Å². The average molecular weight is 208 g/mol. The fourth-order valence-corrected chi connectivity index (χ4v) is 1.87. The van der Waals surface area contributed by atoms with Gasteiger partial charge >= 0.3 is 0 Å². The van der Waals surface area contributed by atoms with Crippen molar-refractivity contribution < 1.29 is 14.2 Å². The molecular weight excluding hydrogens is 192 g/mol. The Labute approximate surface area is 90.0 Å². The molecule has 1 aliphatic heterocycles. The summed E-state index contributed by atoms with van der Waals surface area (Å²) in [5.74, 6) is 2.31. The molecule has 0 N–H and O–H groups in total. The molecule has 0 unspecified atom stereocenters. The van der Waals surface area contributed by atoms with Crippen LogP contribution in [0.1, 0.15) is 24.8 Å². The third kappa shape index (κ3) is 2.07. The van der Waals surface area contributed by atoms with Gasteiger partial charge < -0.3 is 14.2 Å². The van der Waals surface area contributed by atoms with Crippen molar-refractivity contribution in [1.29, 1.82) is 0 Å². The molecule has 1 heterocycles. The Kier molecular flexibility index (Phi) is 3.11. The van der Waals surface area contributed by atoms with Gasteiger partial charge in [0.05, 0.1) is 6.61 Å². The molecule has 15 heavy (non-hydrogen) atoms. The second-order valence-electron chi connectivity index (χ2n) is 3.76. The summed E-state index contributed by atoms with van der Waals surface area (Å²) < 4.78 is 16.0. The van der Waals surface area contributed by atoms with Crippen molar-refractivity contribution in [1.82, 2.24) is 0 Å². The lowest BCUT2D eigenvalue weighted by atomic mass is 9.94. The molecule has 82 valence electrons. The van der Waals surface area contributed by atoms with Crippen molar-refractivity contribution in [2.45, 2.75) is 19.3 Å². The standard InChI is InChI=1S/C12H16O3/c1-9-6-7-14-10-4-3-5-11(12(9)10)15-8-13-2/h3-5,9H,6-8H2,1-2H3/t9-/m1/s1. The zero-order valence-electron chi connectivity index (χ0n) is 9.16. The first-order valence-corrected chi connectivity index (χ1v) is 5.20. The van der Waals surface area contributed by atoms with E-state index in [1.165, 1.54) is 5.56 Å². The van der Waals surface area contributed by atoms with Gasteiger partial charge in [-0.1, -0.05) is 13.0 Å². The van der Waals surface area contributed by atoms with E-state index in [9.17, 15) is 0 Å². The molecule has 1 atom stereocenters. The second kappa shape index (κ2) is 4.53. The molecule has 3 heteroatoms. The summed E-state index contributed by atoms with van der Waals surface area (Å²) in [5.41, 5.74) is 1.17. The van der Waals surface area contributed by atoms with Gasteiger partial charge in [0.1, 0.15) is 11.5 Å². The number of benzene rings is 1. The molecule has 0 saturated heterocycles. The van der Waals surface area contributed by atoms with Crippen LogP contribution in [-0.4, -0.2) is 20.5 Å². The Hall–Kier alpha value is -1.22. The molecule has 0 radical (unpaired) electrons. The fraction of sp³-hybridized carbons (Fsp3) is 0.500. The van der Waals surface area contributed by atoms with E-state index in [1.54, 1.807) is 7.11 Å². The summed E-state index contributed by atoms with van der Waals surface area (Å²) >= 11 is 0. The van der Waals surface area contributed by atoms with Crippen molar-refractivity contribution >= 4 is 0 Å². The van der Waals surface area contributed by atoms with E-state index in [-0.39, 0.29) is 6.79 Å². The van der Waals surface area contributed by atoms with Crippen LogP contribution in [0.15, 0.2) is 18.2 Å². The average Bonchev–Trinajstić information content (AvgIpc) is 2.26. The van der Waals surface area contributed by atoms with Crippen molar-refractivity contribution in [3.63, 3.8) is 0 Å².